The standard InChI is InChI=1S/C10H28O18P6/c1-6(32(20,21)22)8(5-31(17,18)19)10(34(26,27)28)9(33(23,24)25)2-7(3-29(11,12)13)4-30(14,15)16/h6-10H,2-5H2,1H3,(H2,11,12,13)(H2,14,15,16)(H2,17,18,19)(H2,20,21,22)(H2,23,24,25)(H2,26,27,28). The highest BCUT2D eigenvalue weighted by atomic mass is 31.2. The van der Waals surface area contributed by atoms with E-state index in [1.54, 1.807) is 0 Å². The van der Waals surface area contributed by atoms with E-state index in [-0.39, 0.29) is 0 Å². The summed E-state index contributed by atoms with van der Waals surface area (Å²) < 4.78 is 70.5. The van der Waals surface area contributed by atoms with E-state index in [1.165, 1.54) is 0 Å². The summed E-state index contributed by atoms with van der Waals surface area (Å²) in [5.41, 5.74) is -7.93. The molecule has 0 aromatic heterocycles. The molecular formula is C10H28O18P6. The van der Waals surface area contributed by atoms with Gasteiger partial charge in [-0.15, -0.1) is 0 Å². The molecule has 12 N–H and O–H groups in total. The normalized spacial score (nSPS) is 18.5. The van der Waals surface area contributed by atoms with Crippen LogP contribution in [-0.4, -0.2) is 94.2 Å². The van der Waals surface area contributed by atoms with E-state index in [4.69, 9.17) is 19.6 Å². The van der Waals surface area contributed by atoms with Crippen molar-refractivity contribution in [3.05, 3.63) is 0 Å². The van der Waals surface area contributed by atoms with Crippen molar-refractivity contribution in [1.82, 2.24) is 0 Å². The first kappa shape index (κ1) is 34.9. The predicted molar refractivity (Wildman–Crippen MR) is 116 cm³/mol. The summed E-state index contributed by atoms with van der Waals surface area (Å²) in [7, 11) is -32.8. The van der Waals surface area contributed by atoms with Gasteiger partial charge in [-0.1, -0.05) is 6.92 Å². The Morgan fingerprint density at radius 2 is 0.882 bits per heavy atom. The van der Waals surface area contributed by atoms with Gasteiger partial charge in [0.1, 0.15) is 0 Å². The van der Waals surface area contributed by atoms with Gasteiger partial charge in [0.2, 0.25) is 0 Å². The van der Waals surface area contributed by atoms with Crippen LogP contribution in [0.4, 0.5) is 0 Å². The average molecular weight is 622 g/mol. The molecule has 34 heavy (non-hydrogen) atoms. The minimum atomic E-state index is -5.92. The summed E-state index contributed by atoms with van der Waals surface area (Å²) in [6.07, 6.45) is -5.85. The summed E-state index contributed by atoms with van der Waals surface area (Å²) >= 11 is 0. The second-order valence-electron chi connectivity index (χ2n) is 7.87. The molecule has 0 saturated carbocycles. The van der Waals surface area contributed by atoms with E-state index in [9.17, 15) is 66.5 Å². The molecule has 0 rings (SSSR count). The van der Waals surface area contributed by atoms with Crippen molar-refractivity contribution in [2.45, 2.75) is 30.3 Å². The highest BCUT2D eigenvalue weighted by Crippen LogP contribution is 2.63. The highest BCUT2D eigenvalue weighted by molar-refractivity contribution is 7.58. The Bertz CT molecular complexity index is 949. The molecule has 4 unspecified atom stereocenters. The van der Waals surface area contributed by atoms with Crippen LogP contribution in [0.5, 0.6) is 0 Å². The van der Waals surface area contributed by atoms with Crippen LogP contribution in [0.15, 0.2) is 0 Å². The van der Waals surface area contributed by atoms with Crippen molar-refractivity contribution in [2.24, 2.45) is 11.8 Å². The first-order chi connectivity index (χ1) is 14.5. The SMILES string of the molecule is CC(C(CP(=O)(O)O)C(C(CC(CP(=O)(O)O)CP(=O)(O)O)P(=O)(O)O)P(=O)(O)O)P(=O)(O)O. The third-order valence-corrected chi connectivity index (χ3v) is 12.3. The van der Waals surface area contributed by atoms with Crippen LogP contribution >= 0.6 is 45.6 Å². The lowest BCUT2D eigenvalue weighted by Gasteiger charge is -2.38. The summed E-state index contributed by atoms with van der Waals surface area (Å²) in [6.45, 7) is 0.614. The minimum Gasteiger partial charge on any atom is -0.324 e. The van der Waals surface area contributed by atoms with Gasteiger partial charge in [0.15, 0.2) is 0 Å². The van der Waals surface area contributed by atoms with Crippen LogP contribution in [0.1, 0.15) is 13.3 Å². The minimum absolute atomic E-state index is 0.614. The lowest BCUT2D eigenvalue weighted by molar-refractivity contribution is 0.275. The molecule has 0 saturated heterocycles. The maximum Gasteiger partial charge on any atom is 0.329 e. The molecule has 4 atom stereocenters. The maximum atomic E-state index is 12.3. The van der Waals surface area contributed by atoms with E-state index < -0.39 is 99.3 Å². The Labute approximate surface area is 192 Å². The van der Waals surface area contributed by atoms with Gasteiger partial charge in [0.25, 0.3) is 0 Å². The zero-order chi connectivity index (χ0) is 27.7. The predicted octanol–water partition coefficient (Wildman–Crippen LogP) is -1.20. The first-order valence-electron chi connectivity index (χ1n) is 8.84. The molecule has 0 heterocycles. The van der Waals surface area contributed by atoms with Crippen molar-refractivity contribution in [3.63, 3.8) is 0 Å². The van der Waals surface area contributed by atoms with E-state index in [0.717, 1.165) is 0 Å². The molecule has 0 aliphatic heterocycles. The van der Waals surface area contributed by atoms with E-state index in [1.807, 2.05) is 0 Å². The Balaban J connectivity index is 6.96. The van der Waals surface area contributed by atoms with E-state index in [2.05, 4.69) is 0 Å². The van der Waals surface area contributed by atoms with Crippen LogP contribution in [0, 0.1) is 11.8 Å². The fourth-order valence-corrected chi connectivity index (χ4v) is 11.6. The number of rotatable bonds is 14. The molecule has 0 fully saturated rings. The lowest BCUT2D eigenvalue weighted by atomic mass is 9.96. The Kier molecular flexibility index (Phi) is 12.1. The van der Waals surface area contributed by atoms with Gasteiger partial charge < -0.3 is 58.7 Å². The first-order valence-corrected chi connectivity index (χ1v) is 19.3. The summed E-state index contributed by atoms with van der Waals surface area (Å²) in [5, 5.41) is 0. The Hall–Kier alpha value is 0.900. The Morgan fingerprint density at radius 3 is 1.12 bits per heavy atom. The summed E-state index contributed by atoms with van der Waals surface area (Å²) in [5.74, 6) is -4.43. The third kappa shape index (κ3) is 13.4. The average Bonchev–Trinajstić information content (AvgIpc) is 2.44. The van der Waals surface area contributed by atoms with Crippen LogP contribution in [0.2, 0.25) is 0 Å². The van der Waals surface area contributed by atoms with Crippen molar-refractivity contribution in [3.8, 4) is 0 Å². The quantitative estimate of drug-likeness (QED) is 0.101. The molecule has 18 nitrogen and oxygen atoms in total. The second kappa shape index (κ2) is 11.7. The van der Waals surface area contributed by atoms with Crippen LogP contribution in [0.25, 0.3) is 0 Å². The zero-order valence-corrected chi connectivity index (χ0v) is 22.6. The maximum absolute atomic E-state index is 12.3. The molecule has 0 spiro atoms. The molecule has 0 bridgehead atoms. The second-order valence-corrected chi connectivity index (χ2v) is 18.6. The molecule has 0 aromatic carbocycles. The molecule has 0 aliphatic carbocycles. The van der Waals surface area contributed by atoms with Crippen molar-refractivity contribution >= 4 is 45.6 Å². The van der Waals surface area contributed by atoms with Crippen LogP contribution in [-0.2, 0) is 27.4 Å². The van der Waals surface area contributed by atoms with Gasteiger partial charge in [-0.2, -0.15) is 0 Å². The molecule has 0 aromatic rings. The molecule has 24 heteroatoms. The van der Waals surface area contributed by atoms with Gasteiger partial charge >= 0.3 is 45.6 Å². The molecule has 0 amide bonds. The van der Waals surface area contributed by atoms with Gasteiger partial charge in [0.05, 0.1) is 35.5 Å². The molecular weight excluding hydrogens is 594 g/mol. The fourth-order valence-electron chi connectivity index (χ4n) is 3.53. The van der Waals surface area contributed by atoms with Crippen molar-refractivity contribution in [2.75, 3.05) is 18.5 Å². The molecule has 0 radical (unpaired) electrons. The van der Waals surface area contributed by atoms with Crippen molar-refractivity contribution < 1.29 is 86.1 Å². The van der Waals surface area contributed by atoms with E-state index >= 15 is 0 Å². The van der Waals surface area contributed by atoms with Gasteiger partial charge in [-0.25, -0.2) is 0 Å². The third-order valence-electron chi connectivity index (χ3n) is 4.82. The molecule has 206 valence electrons. The van der Waals surface area contributed by atoms with Crippen molar-refractivity contribution in [1.29, 1.82) is 0 Å². The number of hydrogen-bond acceptors (Lipinski definition) is 6. The zero-order valence-electron chi connectivity index (χ0n) is 17.2. The number of hydrogen-bond donors (Lipinski definition) is 12. The summed E-state index contributed by atoms with van der Waals surface area (Å²) in [4.78, 5) is 113. The molecule has 0 aliphatic rings. The topological polar surface area (TPSA) is 345 Å². The Morgan fingerprint density at radius 1 is 0.529 bits per heavy atom. The van der Waals surface area contributed by atoms with Gasteiger partial charge in [-0.3, -0.25) is 27.4 Å². The fraction of sp³-hybridized carbons (Fsp3) is 1.00. The highest BCUT2D eigenvalue weighted by Gasteiger charge is 2.55. The lowest BCUT2D eigenvalue weighted by Crippen LogP contribution is -2.42. The smallest absolute Gasteiger partial charge is 0.324 e. The van der Waals surface area contributed by atoms with Gasteiger partial charge in [0, 0.05) is 0 Å². The summed E-state index contributed by atoms with van der Waals surface area (Å²) in [6, 6.07) is 0. The van der Waals surface area contributed by atoms with E-state index in [0.29, 0.717) is 6.92 Å². The largest absolute Gasteiger partial charge is 0.329 e. The van der Waals surface area contributed by atoms with Crippen LogP contribution < -0.4 is 0 Å². The monoisotopic (exact) mass is 622 g/mol. The van der Waals surface area contributed by atoms with Gasteiger partial charge in [-0.05, 0) is 18.3 Å². The van der Waals surface area contributed by atoms with Crippen LogP contribution in [0.3, 0.4) is 0 Å².